The predicted molar refractivity (Wildman–Crippen MR) is 104 cm³/mol. The standard InChI is InChI=1S/C13H22N4O2S2.HI/c1-5-9-15-13(14-6-2)16-10-11-7-8-12(20-11)21(18,19)17(3)4;/h5,7-8H,1,6,9-10H2,2-4H3,(H2,14,15,16);1H. The zero-order valence-electron chi connectivity index (χ0n) is 13.0. The molecule has 0 amide bonds. The van der Waals surface area contributed by atoms with E-state index in [1.165, 1.54) is 29.7 Å². The molecule has 2 N–H and O–H groups in total. The van der Waals surface area contributed by atoms with Gasteiger partial charge in [-0.3, -0.25) is 0 Å². The lowest BCUT2D eigenvalue weighted by Gasteiger charge is -2.09. The van der Waals surface area contributed by atoms with Crippen molar-refractivity contribution in [3.8, 4) is 0 Å². The second-order valence-electron chi connectivity index (χ2n) is 4.37. The van der Waals surface area contributed by atoms with E-state index in [-0.39, 0.29) is 24.0 Å². The first-order valence-corrected chi connectivity index (χ1v) is 8.81. The zero-order valence-corrected chi connectivity index (χ0v) is 17.0. The Kier molecular flexibility index (Phi) is 9.89. The first kappa shape index (κ1) is 21.4. The summed E-state index contributed by atoms with van der Waals surface area (Å²) in [6.07, 6.45) is 1.75. The van der Waals surface area contributed by atoms with Gasteiger partial charge in [0.2, 0.25) is 0 Å². The number of nitrogens with zero attached hydrogens (tertiary/aromatic N) is 2. The van der Waals surface area contributed by atoms with E-state index in [1.54, 1.807) is 18.2 Å². The molecule has 0 saturated heterocycles. The van der Waals surface area contributed by atoms with Gasteiger partial charge in [-0.2, -0.15) is 0 Å². The third-order valence-corrected chi connectivity index (χ3v) is 5.88. The molecule has 1 aromatic heterocycles. The van der Waals surface area contributed by atoms with Crippen molar-refractivity contribution >= 4 is 51.3 Å². The summed E-state index contributed by atoms with van der Waals surface area (Å²) >= 11 is 1.24. The van der Waals surface area contributed by atoms with Gasteiger partial charge in [-0.05, 0) is 19.1 Å². The fourth-order valence-electron chi connectivity index (χ4n) is 1.43. The number of nitrogens with one attached hydrogen (secondary N) is 2. The van der Waals surface area contributed by atoms with Crippen LogP contribution in [-0.2, 0) is 16.6 Å². The van der Waals surface area contributed by atoms with Crippen molar-refractivity contribution in [3.05, 3.63) is 29.7 Å². The third-order valence-electron chi connectivity index (χ3n) is 2.52. The average Bonchev–Trinajstić information content (AvgIpc) is 2.91. The molecule has 22 heavy (non-hydrogen) atoms. The molecule has 126 valence electrons. The molecule has 1 aromatic rings. The summed E-state index contributed by atoms with van der Waals surface area (Å²) in [4.78, 5) is 5.30. The van der Waals surface area contributed by atoms with Crippen LogP contribution >= 0.6 is 35.3 Å². The maximum atomic E-state index is 12.0. The van der Waals surface area contributed by atoms with Gasteiger partial charge in [-0.1, -0.05) is 6.08 Å². The molecule has 0 unspecified atom stereocenters. The van der Waals surface area contributed by atoms with E-state index in [4.69, 9.17) is 0 Å². The average molecular weight is 458 g/mol. The van der Waals surface area contributed by atoms with E-state index in [0.717, 1.165) is 11.4 Å². The van der Waals surface area contributed by atoms with Gasteiger partial charge in [-0.15, -0.1) is 41.9 Å². The van der Waals surface area contributed by atoms with E-state index < -0.39 is 10.0 Å². The van der Waals surface area contributed by atoms with Crippen LogP contribution in [0.25, 0.3) is 0 Å². The highest BCUT2D eigenvalue weighted by Crippen LogP contribution is 2.24. The lowest BCUT2D eigenvalue weighted by atomic mass is 10.5. The molecule has 6 nitrogen and oxygen atoms in total. The quantitative estimate of drug-likeness (QED) is 0.283. The molecule has 0 aliphatic heterocycles. The van der Waals surface area contributed by atoms with Crippen molar-refractivity contribution < 1.29 is 8.42 Å². The van der Waals surface area contributed by atoms with Gasteiger partial charge in [0.15, 0.2) is 5.96 Å². The van der Waals surface area contributed by atoms with Gasteiger partial charge in [-0.25, -0.2) is 17.7 Å². The smallest absolute Gasteiger partial charge is 0.252 e. The SMILES string of the molecule is C=CCNC(=NCc1ccc(S(=O)(=O)N(C)C)s1)NCC.I. The first-order chi connectivity index (χ1) is 9.91. The molecule has 1 heterocycles. The van der Waals surface area contributed by atoms with Crippen molar-refractivity contribution in [1.82, 2.24) is 14.9 Å². The van der Waals surface area contributed by atoms with Crippen LogP contribution in [0.1, 0.15) is 11.8 Å². The van der Waals surface area contributed by atoms with Gasteiger partial charge >= 0.3 is 0 Å². The van der Waals surface area contributed by atoms with Crippen molar-refractivity contribution in [2.75, 3.05) is 27.2 Å². The van der Waals surface area contributed by atoms with E-state index >= 15 is 0 Å². The van der Waals surface area contributed by atoms with Crippen molar-refractivity contribution in [1.29, 1.82) is 0 Å². The number of hydrogen-bond acceptors (Lipinski definition) is 4. The number of sulfonamides is 1. The van der Waals surface area contributed by atoms with Crippen LogP contribution in [0, 0.1) is 0 Å². The first-order valence-electron chi connectivity index (χ1n) is 6.56. The number of hydrogen-bond donors (Lipinski definition) is 2. The minimum Gasteiger partial charge on any atom is -0.357 e. The van der Waals surface area contributed by atoms with Crippen LogP contribution in [0.2, 0.25) is 0 Å². The van der Waals surface area contributed by atoms with Crippen LogP contribution in [0.4, 0.5) is 0 Å². The van der Waals surface area contributed by atoms with E-state index in [2.05, 4.69) is 22.2 Å². The summed E-state index contributed by atoms with van der Waals surface area (Å²) in [6.45, 7) is 7.44. The van der Waals surface area contributed by atoms with Crippen LogP contribution < -0.4 is 10.6 Å². The Labute approximate surface area is 153 Å². The predicted octanol–water partition coefficient (Wildman–Crippen LogP) is 1.86. The summed E-state index contributed by atoms with van der Waals surface area (Å²) in [5.74, 6) is 0.683. The van der Waals surface area contributed by atoms with Crippen molar-refractivity contribution in [2.24, 2.45) is 4.99 Å². The Morgan fingerprint density at radius 2 is 2.09 bits per heavy atom. The van der Waals surface area contributed by atoms with Crippen molar-refractivity contribution in [3.63, 3.8) is 0 Å². The molecule has 9 heteroatoms. The van der Waals surface area contributed by atoms with Crippen LogP contribution in [-0.4, -0.2) is 45.9 Å². The maximum absolute atomic E-state index is 12.0. The van der Waals surface area contributed by atoms with Crippen LogP contribution in [0.3, 0.4) is 0 Å². The summed E-state index contributed by atoms with van der Waals surface area (Å²) in [5.41, 5.74) is 0. The highest BCUT2D eigenvalue weighted by atomic mass is 127. The van der Waals surface area contributed by atoms with Gasteiger partial charge in [0.1, 0.15) is 4.21 Å². The molecule has 0 saturated carbocycles. The fourth-order valence-corrected chi connectivity index (χ4v) is 3.88. The number of thiophene rings is 1. The van der Waals surface area contributed by atoms with Gasteiger partial charge in [0, 0.05) is 32.1 Å². The molecule has 0 atom stereocenters. The molecule has 1 rings (SSSR count). The van der Waals surface area contributed by atoms with Gasteiger partial charge < -0.3 is 10.6 Å². The largest absolute Gasteiger partial charge is 0.357 e. The minimum atomic E-state index is -3.36. The van der Waals surface area contributed by atoms with Gasteiger partial charge in [0.25, 0.3) is 10.0 Å². The topological polar surface area (TPSA) is 73.8 Å². The molecule has 0 aliphatic carbocycles. The highest BCUT2D eigenvalue weighted by Gasteiger charge is 2.19. The second-order valence-corrected chi connectivity index (χ2v) is 7.92. The Hall–Kier alpha value is -0.650. The maximum Gasteiger partial charge on any atom is 0.252 e. The van der Waals surface area contributed by atoms with Crippen LogP contribution in [0.5, 0.6) is 0 Å². The molecule has 0 aromatic carbocycles. The molecular weight excluding hydrogens is 435 g/mol. The summed E-state index contributed by atoms with van der Waals surface area (Å²) < 4.78 is 25.5. The normalized spacial score (nSPS) is 11.9. The van der Waals surface area contributed by atoms with E-state index in [0.29, 0.717) is 23.3 Å². The Balaban J connectivity index is 0.00000441. The molecule has 0 fully saturated rings. The fraction of sp³-hybridized carbons (Fsp3) is 0.462. The van der Waals surface area contributed by atoms with Crippen molar-refractivity contribution in [2.45, 2.75) is 17.7 Å². The van der Waals surface area contributed by atoms with E-state index in [1.807, 2.05) is 6.92 Å². The molecule has 0 aliphatic rings. The third kappa shape index (κ3) is 6.23. The monoisotopic (exact) mass is 458 g/mol. The molecule has 0 radical (unpaired) electrons. The zero-order chi connectivity index (χ0) is 15.9. The summed E-state index contributed by atoms with van der Waals surface area (Å²) in [7, 11) is -0.314. The number of rotatable bonds is 7. The Morgan fingerprint density at radius 1 is 1.41 bits per heavy atom. The minimum absolute atomic E-state index is 0. The molecular formula is C13H23IN4O2S2. The number of aliphatic imine (C=N–C) groups is 1. The van der Waals surface area contributed by atoms with Crippen LogP contribution in [0.15, 0.2) is 34.0 Å². The Bertz CT molecular complexity index is 597. The number of guanidine groups is 1. The van der Waals surface area contributed by atoms with E-state index in [9.17, 15) is 8.42 Å². The molecule has 0 bridgehead atoms. The van der Waals surface area contributed by atoms with Gasteiger partial charge in [0.05, 0.1) is 6.54 Å². The lowest BCUT2D eigenvalue weighted by Crippen LogP contribution is -2.37. The Morgan fingerprint density at radius 3 is 2.64 bits per heavy atom. The summed E-state index contributed by atoms with van der Waals surface area (Å²) in [5, 5.41) is 6.21. The molecule has 0 spiro atoms. The lowest BCUT2D eigenvalue weighted by molar-refractivity contribution is 0.523. The summed E-state index contributed by atoms with van der Waals surface area (Å²) in [6, 6.07) is 3.41. The highest BCUT2D eigenvalue weighted by molar-refractivity contribution is 14.0. The number of halogens is 1. The second kappa shape index (κ2) is 10.2.